The number of ether oxygens (including phenoxy) is 1. The molecule has 0 spiro atoms. The van der Waals surface area contributed by atoms with Crippen LogP contribution in [0.4, 0.5) is 5.69 Å². The fourth-order valence-corrected chi connectivity index (χ4v) is 2.00. The van der Waals surface area contributed by atoms with Gasteiger partial charge in [-0.2, -0.15) is 0 Å². The Labute approximate surface area is 97.5 Å². The zero-order valence-electron chi connectivity index (χ0n) is 9.91. The van der Waals surface area contributed by atoms with Crippen molar-refractivity contribution in [3.05, 3.63) is 36.4 Å². The van der Waals surface area contributed by atoms with Crippen LogP contribution in [0.25, 0.3) is 0 Å². The van der Waals surface area contributed by atoms with E-state index in [9.17, 15) is 0 Å². The van der Waals surface area contributed by atoms with E-state index in [4.69, 9.17) is 4.74 Å². The van der Waals surface area contributed by atoms with Crippen LogP contribution in [-0.2, 0) is 0 Å². The lowest BCUT2D eigenvalue weighted by atomic mass is 10.2. The Kier molecular flexibility index (Phi) is 3.50. The van der Waals surface area contributed by atoms with Crippen molar-refractivity contribution >= 4 is 5.69 Å². The van der Waals surface area contributed by atoms with Crippen molar-refractivity contribution in [3.63, 3.8) is 0 Å². The third-order valence-electron chi connectivity index (χ3n) is 2.79. The van der Waals surface area contributed by atoms with Crippen molar-refractivity contribution in [2.45, 2.75) is 19.8 Å². The molecule has 0 atom stereocenters. The lowest BCUT2D eigenvalue weighted by molar-refractivity contribution is 0.353. The monoisotopic (exact) mass is 217 g/mol. The maximum Gasteiger partial charge on any atom is 0.143 e. The fourth-order valence-electron chi connectivity index (χ4n) is 2.00. The van der Waals surface area contributed by atoms with Gasteiger partial charge in [-0.15, -0.1) is 0 Å². The molecular formula is C14H19NO. The molecule has 0 bridgehead atoms. The number of hydrogen-bond acceptors (Lipinski definition) is 2. The minimum absolute atomic E-state index is 0.602. The zero-order chi connectivity index (χ0) is 11.4. The highest BCUT2D eigenvalue weighted by molar-refractivity contribution is 5.58. The zero-order valence-corrected chi connectivity index (χ0v) is 9.91. The Hall–Kier alpha value is -1.44. The van der Waals surface area contributed by atoms with Gasteiger partial charge in [0.05, 0.1) is 5.69 Å². The Morgan fingerprint density at radius 3 is 2.69 bits per heavy atom. The number of para-hydroxylation sites is 2. The molecule has 0 aromatic heterocycles. The van der Waals surface area contributed by atoms with Crippen molar-refractivity contribution < 1.29 is 4.74 Å². The van der Waals surface area contributed by atoms with Gasteiger partial charge < -0.3 is 9.64 Å². The van der Waals surface area contributed by atoms with Gasteiger partial charge in [0.25, 0.3) is 0 Å². The lowest BCUT2D eigenvalue weighted by Gasteiger charge is -2.21. The van der Waals surface area contributed by atoms with Gasteiger partial charge in [-0.25, -0.2) is 0 Å². The largest absolute Gasteiger partial charge is 0.487 e. The Balaban J connectivity index is 2.13. The minimum atomic E-state index is 0.602. The van der Waals surface area contributed by atoms with Crippen LogP contribution in [0.1, 0.15) is 19.8 Å². The van der Waals surface area contributed by atoms with Crippen LogP contribution in [0.2, 0.25) is 0 Å². The summed E-state index contributed by atoms with van der Waals surface area (Å²) >= 11 is 0. The summed E-state index contributed by atoms with van der Waals surface area (Å²) in [6.07, 6.45) is 2.57. The van der Waals surface area contributed by atoms with Crippen LogP contribution in [0.3, 0.4) is 0 Å². The first-order valence-corrected chi connectivity index (χ1v) is 5.88. The van der Waals surface area contributed by atoms with E-state index in [1.54, 1.807) is 0 Å². The van der Waals surface area contributed by atoms with Crippen molar-refractivity contribution in [1.29, 1.82) is 0 Å². The minimum Gasteiger partial charge on any atom is -0.487 e. The topological polar surface area (TPSA) is 12.5 Å². The van der Waals surface area contributed by atoms with Gasteiger partial charge in [0.2, 0.25) is 0 Å². The fraction of sp³-hybridized carbons (Fsp3) is 0.429. The molecule has 0 aliphatic carbocycles. The summed E-state index contributed by atoms with van der Waals surface area (Å²) in [5.74, 6) is 0.979. The normalized spacial score (nSPS) is 15.2. The second kappa shape index (κ2) is 5.06. The molecule has 0 radical (unpaired) electrons. The van der Waals surface area contributed by atoms with Crippen molar-refractivity contribution in [3.8, 4) is 5.75 Å². The second-order valence-electron chi connectivity index (χ2n) is 4.41. The van der Waals surface area contributed by atoms with Gasteiger partial charge >= 0.3 is 0 Å². The molecule has 0 amide bonds. The first-order valence-electron chi connectivity index (χ1n) is 5.88. The van der Waals surface area contributed by atoms with Gasteiger partial charge in [-0.1, -0.05) is 18.7 Å². The van der Waals surface area contributed by atoms with E-state index >= 15 is 0 Å². The highest BCUT2D eigenvalue weighted by atomic mass is 16.5. The number of benzene rings is 1. The third-order valence-corrected chi connectivity index (χ3v) is 2.79. The average molecular weight is 217 g/mol. The van der Waals surface area contributed by atoms with E-state index in [-0.39, 0.29) is 0 Å². The molecule has 2 rings (SSSR count). The summed E-state index contributed by atoms with van der Waals surface area (Å²) in [6.45, 7) is 8.74. The van der Waals surface area contributed by atoms with Crippen LogP contribution in [0.15, 0.2) is 36.4 Å². The van der Waals surface area contributed by atoms with E-state index in [1.807, 2.05) is 19.1 Å². The SMILES string of the molecule is C=C(C)COc1ccccc1N1CCCC1. The molecule has 0 N–H and O–H groups in total. The van der Waals surface area contributed by atoms with Crippen LogP contribution < -0.4 is 9.64 Å². The number of nitrogens with zero attached hydrogens (tertiary/aromatic N) is 1. The van der Waals surface area contributed by atoms with E-state index in [1.165, 1.54) is 18.5 Å². The lowest BCUT2D eigenvalue weighted by Crippen LogP contribution is -2.18. The summed E-state index contributed by atoms with van der Waals surface area (Å²) in [5.41, 5.74) is 2.28. The summed E-state index contributed by atoms with van der Waals surface area (Å²) in [6, 6.07) is 8.27. The number of hydrogen-bond donors (Lipinski definition) is 0. The van der Waals surface area contributed by atoms with Gasteiger partial charge in [0.15, 0.2) is 0 Å². The molecule has 1 aromatic rings. The Morgan fingerprint density at radius 1 is 1.31 bits per heavy atom. The molecule has 1 saturated heterocycles. The first kappa shape index (κ1) is 11.1. The molecule has 1 aliphatic heterocycles. The molecule has 86 valence electrons. The molecule has 1 aromatic carbocycles. The molecule has 1 aliphatic rings. The molecule has 16 heavy (non-hydrogen) atoms. The quantitative estimate of drug-likeness (QED) is 0.718. The van der Waals surface area contributed by atoms with Crippen LogP contribution >= 0.6 is 0 Å². The maximum atomic E-state index is 5.77. The standard InChI is InChI=1S/C14H19NO/c1-12(2)11-16-14-8-4-3-7-13(14)15-9-5-6-10-15/h3-4,7-8H,1,5-6,9-11H2,2H3. The molecule has 0 unspecified atom stereocenters. The summed E-state index contributed by atoms with van der Waals surface area (Å²) in [5, 5.41) is 0. The smallest absolute Gasteiger partial charge is 0.143 e. The van der Waals surface area contributed by atoms with E-state index in [0.717, 1.165) is 24.4 Å². The Bertz CT molecular complexity index is 367. The van der Waals surface area contributed by atoms with E-state index in [0.29, 0.717) is 6.61 Å². The first-order chi connectivity index (χ1) is 7.77. The van der Waals surface area contributed by atoms with Gasteiger partial charge in [-0.3, -0.25) is 0 Å². The van der Waals surface area contributed by atoms with Crippen molar-refractivity contribution in [2.75, 3.05) is 24.6 Å². The molecule has 2 heteroatoms. The summed E-state index contributed by atoms with van der Waals surface area (Å²) in [4.78, 5) is 2.40. The van der Waals surface area contributed by atoms with E-state index < -0.39 is 0 Å². The van der Waals surface area contributed by atoms with Gasteiger partial charge in [0.1, 0.15) is 12.4 Å². The second-order valence-corrected chi connectivity index (χ2v) is 4.41. The molecule has 0 saturated carbocycles. The van der Waals surface area contributed by atoms with Crippen molar-refractivity contribution in [1.82, 2.24) is 0 Å². The Morgan fingerprint density at radius 2 is 2.00 bits per heavy atom. The van der Waals surface area contributed by atoms with Crippen LogP contribution in [-0.4, -0.2) is 19.7 Å². The number of anilines is 1. The summed E-state index contributed by atoms with van der Waals surface area (Å²) in [7, 11) is 0. The number of rotatable bonds is 4. The maximum absolute atomic E-state index is 5.77. The van der Waals surface area contributed by atoms with Gasteiger partial charge in [0, 0.05) is 13.1 Å². The van der Waals surface area contributed by atoms with Crippen molar-refractivity contribution in [2.24, 2.45) is 0 Å². The highest BCUT2D eigenvalue weighted by Gasteiger charge is 2.15. The van der Waals surface area contributed by atoms with Crippen LogP contribution in [0.5, 0.6) is 5.75 Å². The molecule has 1 fully saturated rings. The van der Waals surface area contributed by atoms with Gasteiger partial charge in [-0.05, 0) is 37.5 Å². The third kappa shape index (κ3) is 2.57. The molecular weight excluding hydrogens is 198 g/mol. The average Bonchev–Trinajstić information content (AvgIpc) is 2.80. The van der Waals surface area contributed by atoms with E-state index in [2.05, 4.69) is 23.6 Å². The highest BCUT2D eigenvalue weighted by Crippen LogP contribution is 2.30. The van der Waals surface area contributed by atoms with Crippen LogP contribution in [0, 0.1) is 0 Å². The molecule has 1 heterocycles. The summed E-state index contributed by atoms with van der Waals surface area (Å²) < 4.78 is 5.77. The predicted octanol–water partition coefficient (Wildman–Crippen LogP) is 3.24. The molecule has 2 nitrogen and oxygen atoms in total. The predicted molar refractivity (Wildman–Crippen MR) is 68.2 cm³/mol.